The summed E-state index contributed by atoms with van der Waals surface area (Å²) in [6.07, 6.45) is 0. The second kappa shape index (κ2) is 8.38. The summed E-state index contributed by atoms with van der Waals surface area (Å²) in [4.78, 5) is 0. The van der Waals surface area contributed by atoms with Gasteiger partial charge >= 0.3 is 0 Å². The van der Waals surface area contributed by atoms with Gasteiger partial charge in [0, 0.05) is 10.6 Å². The molecule has 0 N–H and O–H groups in total. The van der Waals surface area contributed by atoms with Gasteiger partial charge < -0.3 is 0 Å². The summed E-state index contributed by atoms with van der Waals surface area (Å²) in [6, 6.07) is 21.3. The normalized spacial score (nSPS) is 12.4. The number of hydrogen-bond acceptors (Lipinski definition) is 1. The minimum atomic E-state index is -1.95. The fraction of sp³-hybridized carbons (Fsp3) is 0.333. The van der Waals surface area contributed by atoms with Gasteiger partial charge in [-0.3, -0.25) is 14.0 Å². The zero-order valence-corrected chi connectivity index (χ0v) is 17.2. The number of benzene rings is 2. The molecule has 0 aliphatic rings. The van der Waals surface area contributed by atoms with Crippen molar-refractivity contribution in [1.29, 1.82) is 0 Å². The Hall–Kier alpha value is -1.02. The van der Waals surface area contributed by atoms with Crippen molar-refractivity contribution in [1.82, 2.24) is 14.0 Å². The van der Waals surface area contributed by atoms with Crippen LogP contribution in [0.2, 0.25) is 0 Å². The molecule has 0 spiro atoms. The van der Waals surface area contributed by atoms with Crippen molar-refractivity contribution < 1.29 is 0 Å². The number of nitrogens with zero attached hydrogens (tertiary/aromatic N) is 4. The van der Waals surface area contributed by atoms with E-state index in [1.807, 2.05) is 0 Å². The van der Waals surface area contributed by atoms with Crippen molar-refractivity contribution in [3.63, 3.8) is 0 Å². The Morgan fingerprint density at radius 1 is 0.625 bits per heavy atom. The Balaban J connectivity index is 2.71. The van der Waals surface area contributed by atoms with Gasteiger partial charge in [0.2, 0.25) is 0 Å². The van der Waals surface area contributed by atoms with Crippen LogP contribution in [0, 0.1) is 0 Å². The molecule has 0 aliphatic carbocycles. The standard InChI is InChI=1S/C18H28N4P2/c1-20(2)24(21(3)4,22(5)6)19-23(17-13-9-7-10-14-17)18-15-11-8-12-16-18/h7-16H,1-6H3. The smallest absolute Gasteiger partial charge is 0.170 e. The average molecular weight is 362 g/mol. The summed E-state index contributed by atoms with van der Waals surface area (Å²) in [5.74, 6) is 0. The van der Waals surface area contributed by atoms with Crippen LogP contribution in [-0.2, 0) is 0 Å². The monoisotopic (exact) mass is 362 g/mol. The van der Waals surface area contributed by atoms with Crippen LogP contribution in [-0.4, -0.2) is 56.3 Å². The van der Waals surface area contributed by atoms with Gasteiger partial charge in [-0.2, -0.15) is 0 Å². The molecule has 0 aromatic heterocycles. The first-order valence-electron chi connectivity index (χ1n) is 7.95. The predicted octanol–water partition coefficient (Wildman–Crippen LogP) is 3.67. The van der Waals surface area contributed by atoms with Gasteiger partial charge in [0.1, 0.15) is 0 Å². The summed E-state index contributed by atoms with van der Waals surface area (Å²) in [7, 11) is 10.0. The highest BCUT2D eigenvalue weighted by molar-refractivity contribution is 7.78. The molecule has 24 heavy (non-hydrogen) atoms. The highest BCUT2D eigenvalue weighted by Crippen LogP contribution is 2.60. The van der Waals surface area contributed by atoms with E-state index < -0.39 is 15.6 Å². The lowest BCUT2D eigenvalue weighted by molar-refractivity contribution is 0.475. The summed E-state index contributed by atoms with van der Waals surface area (Å²) in [6.45, 7) is 0. The summed E-state index contributed by atoms with van der Waals surface area (Å²) in [5, 5.41) is 2.57. The molecule has 2 aromatic rings. The third-order valence-electron chi connectivity index (χ3n) is 3.82. The number of rotatable bonds is 6. The van der Waals surface area contributed by atoms with E-state index in [4.69, 9.17) is 4.52 Å². The zero-order valence-electron chi connectivity index (χ0n) is 15.5. The molecule has 130 valence electrons. The molecular weight excluding hydrogens is 334 g/mol. The fourth-order valence-corrected chi connectivity index (χ4v) is 9.88. The molecule has 0 heterocycles. The van der Waals surface area contributed by atoms with Crippen molar-refractivity contribution >= 4 is 26.2 Å². The molecule has 0 saturated carbocycles. The largest absolute Gasteiger partial charge is 0.252 e. The van der Waals surface area contributed by atoms with Gasteiger partial charge in [-0.1, -0.05) is 60.7 Å². The molecule has 4 nitrogen and oxygen atoms in total. The summed E-state index contributed by atoms with van der Waals surface area (Å²) in [5.41, 5.74) is 0. The first-order chi connectivity index (χ1) is 11.4. The molecule has 2 rings (SSSR count). The van der Waals surface area contributed by atoms with Crippen LogP contribution in [0.1, 0.15) is 0 Å². The lowest BCUT2D eigenvalue weighted by Crippen LogP contribution is -2.31. The summed E-state index contributed by atoms with van der Waals surface area (Å²) < 4.78 is 12.3. The maximum Gasteiger partial charge on any atom is 0.170 e. The molecule has 0 atom stereocenters. The molecule has 0 fully saturated rings. The third kappa shape index (κ3) is 3.96. The minimum absolute atomic E-state index is 0.787. The average Bonchev–Trinajstić information content (AvgIpc) is 2.56. The minimum Gasteiger partial charge on any atom is -0.252 e. The first-order valence-corrected chi connectivity index (χ1v) is 10.8. The van der Waals surface area contributed by atoms with E-state index in [0.717, 1.165) is 0 Å². The third-order valence-corrected chi connectivity index (χ3v) is 10.3. The van der Waals surface area contributed by atoms with Crippen molar-refractivity contribution in [3.05, 3.63) is 60.7 Å². The van der Waals surface area contributed by atoms with Crippen LogP contribution in [0.15, 0.2) is 65.2 Å². The molecule has 0 radical (unpaired) electrons. The molecule has 0 unspecified atom stereocenters. The molecule has 6 heteroatoms. The van der Waals surface area contributed by atoms with Crippen LogP contribution in [0.4, 0.5) is 0 Å². The molecule has 0 saturated heterocycles. The Kier molecular flexibility index (Phi) is 6.74. The SMILES string of the molecule is CN(C)P(=NP(c1ccccc1)c1ccccc1)(N(C)C)N(C)C. The Bertz CT molecular complexity index is 617. The van der Waals surface area contributed by atoms with Gasteiger partial charge in [0.25, 0.3) is 0 Å². The van der Waals surface area contributed by atoms with E-state index >= 15 is 0 Å². The highest BCUT2D eigenvalue weighted by Gasteiger charge is 2.30. The van der Waals surface area contributed by atoms with E-state index in [9.17, 15) is 0 Å². The van der Waals surface area contributed by atoms with Crippen LogP contribution < -0.4 is 10.6 Å². The Morgan fingerprint density at radius 2 is 0.958 bits per heavy atom. The van der Waals surface area contributed by atoms with E-state index in [1.165, 1.54) is 10.6 Å². The van der Waals surface area contributed by atoms with Gasteiger partial charge in [-0.15, -0.1) is 0 Å². The molecular formula is C18H28N4P2. The quantitative estimate of drug-likeness (QED) is 0.732. The predicted molar refractivity (Wildman–Crippen MR) is 109 cm³/mol. The van der Waals surface area contributed by atoms with Gasteiger partial charge in [-0.25, -0.2) is 4.52 Å². The Labute approximate surface area is 148 Å². The van der Waals surface area contributed by atoms with Gasteiger partial charge in [-0.05, 0) is 42.3 Å². The molecule has 0 amide bonds. The van der Waals surface area contributed by atoms with Crippen molar-refractivity contribution in [3.8, 4) is 0 Å². The van der Waals surface area contributed by atoms with Crippen LogP contribution in [0.25, 0.3) is 0 Å². The van der Waals surface area contributed by atoms with Gasteiger partial charge in [0.05, 0.1) is 8.07 Å². The lowest BCUT2D eigenvalue weighted by Gasteiger charge is -2.42. The molecule has 0 aliphatic heterocycles. The van der Waals surface area contributed by atoms with Crippen molar-refractivity contribution in [2.24, 2.45) is 4.52 Å². The van der Waals surface area contributed by atoms with Crippen LogP contribution in [0.3, 0.4) is 0 Å². The lowest BCUT2D eigenvalue weighted by atomic mass is 10.4. The maximum atomic E-state index is 5.50. The van der Waals surface area contributed by atoms with Crippen molar-refractivity contribution in [2.75, 3.05) is 42.3 Å². The maximum absolute atomic E-state index is 5.50. The number of hydrogen-bond donors (Lipinski definition) is 0. The molecule has 2 aromatic carbocycles. The van der Waals surface area contributed by atoms with E-state index in [0.29, 0.717) is 0 Å². The van der Waals surface area contributed by atoms with E-state index in [-0.39, 0.29) is 0 Å². The van der Waals surface area contributed by atoms with E-state index in [2.05, 4.69) is 117 Å². The molecule has 0 bridgehead atoms. The Morgan fingerprint density at radius 3 is 1.25 bits per heavy atom. The topological polar surface area (TPSA) is 22.1 Å². The zero-order chi connectivity index (χ0) is 17.7. The van der Waals surface area contributed by atoms with Crippen LogP contribution in [0.5, 0.6) is 0 Å². The first kappa shape index (κ1) is 19.3. The summed E-state index contributed by atoms with van der Waals surface area (Å²) >= 11 is 0. The fourth-order valence-electron chi connectivity index (χ4n) is 2.82. The highest BCUT2D eigenvalue weighted by atomic mass is 31.2. The second-order valence-corrected chi connectivity index (χ2v) is 12.0. The van der Waals surface area contributed by atoms with Crippen molar-refractivity contribution in [2.45, 2.75) is 0 Å². The van der Waals surface area contributed by atoms with Crippen LogP contribution >= 0.6 is 15.6 Å². The van der Waals surface area contributed by atoms with E-state index in [1.54, 1.807) is 0 Å². The van der Waals surface area contributed by atoms with Gasteiger partial charge in [0.15, 0.2) is 7.51 Å². The second-order valence-electron chi connectivity index (χ2n) is 6.15.